The van der Waals surface area contributed by atoms with Gasteiger partial charge in [0.1, 0.15) is 24.7 Å². The molecule has 3 aromatic rings. The summed E-state index contributed by atoms with van der Waals surface area (Å²) in [5, 5.41) is 7.44. The Morgan fingerprint density at radius 2 is 2.03 bits per heavy atom. The molecule has 0 amide bonds. The molecular weight excluding hydrogens is 448 g/mol. The smallest absolute Gasteiger partial charge is 0.338 e. The molecule has 0 aliphatic carbocycles. The lowest BCUT2D eigenvalue weighted by Gasteiger charge is -2.28. The molecule has 1 aromatic heterocycles. The van der Waals surface area contributed by atoms with Gasteiger partial charge in [0.25, 0.3) is 0 Å². The summed E-state index contributed by atoms with van der Waals surface area (Å²) in [6, 6.07) is 15.2. The third kappa shape index (κ3) is 4.09. The minimum absolute atomic E-state index is 0.301. The largest absolute Gasteiger partial charge is 0.489 e. The zero-order valence-corrected chi connectivity index (χ0v) is 18.2. The first-order chi connectivity index (χ1) is 14.6. The van der Waals surface area contributed by atoms with Crippen molar-refractivity contribution in [2.45, 2.75) is 26.5 Å². The van der Waals surface area contributed by atoms with Gasteiger partial charge in [-0.25, -0.2) is 9.48 Å². The van der Waals surface area contributed by atoms with Gasteiger partial charge in [-0.1, -0.05) is 40.2 Å². The second-order valence-corrected chi connectivity index (χ2v) is 7.72. The van der Waals surface area contributed by atoms with Crippen LogP contribution in [0.4, 0.5) is 5.95 Å². The number of anilines is 1. The number of esters is 1. The second-order valence-electron chi connectivity index (χ2n) is 6.80. The van der Waals surface area contributed by atoms with Gasteiger partial charge in [-0.15, -0.1) is 0 Å². The van der Waals surface area contributed by atoms with E-state index in [1.54, 1.807) is 11.6 Å². The van der Waals surface area contributed by atoms with Gasteiger partial charge in [0, 0.05) is 10.2 Å². The number of aromatic nitrogens is 3. The van der Waals surface area contributed by atoms with Crippen LogP contribution in [-0.4, -0.2) is 27.3 Å². The normalized spacial score (nSPS) is 15.4. The average molecular weight is 469 g/mol. The minimum atomic E-state index is -0.429. The first-order valence-corrected chi connectivity index (χ1v) is 10.4. The summed E-state index contributed by atoms with van der Waals surface area (Å²) in [4.78, 5) is 16.9. The molecule has 8 heteroatoms. The Morgan fingerprint density at radius 1 is 1.23 bits per heavy atom. The molecular formula is C22H21BrN4O3. The zero-order chi connectivity index (χ0) is 21.1. The molecule has 0 fully saturated rings. The van der Waals surface area contributed by atoms with E-state index in [-0.39, 0.29) is 5.97 Å². The number of hydrogen-bond donors (Lipinski definition) is 1. The summed E-state index contributed by atoms with van der Waals surface area (Å²) < 4.78 is 13.9. The minimum Gasteiger partial charge on any atom is -0.489 e. The lowest BCUT2D eigenvalue weighted by molar-refractivity contribution is -0.139. The number of fused-ring (bicyclic) bond motifs is 1. The fourth-order valence-corrected chi connectivity index (χ4v) is 3.86. The lowest BCUT2D eigenvalue weighted by atomic mass is 9.96. The number of hydrogen-bond acceptors (Lipinski definition) is 6. The highest BCUT2D eigenvalue weighted by Crippen LogP contribution is 2.35. The predicted octanol–water partition coefficient (Wildman–Crippen LogP) is 4.47. The molecule has 0 bridgehead atoms. The van der Waals surface area contributed by atoms with E-state index in [1.807, 2.05) is 55.5 Å². The number of carbonyl (C=O) groups is 1. The molecule has 154 valence electrons. The molecule has 0 spiro atoms. The molecule has 2 aromatic carbocycles. The summed E-state index contributed by atoms with van der Waals surface area (Å²) in [5.41, 5.74) is 3.18. The van der Waals surface area contributed by atoms with Crippen molar-refractivity contribution in [1.82, 2.24) is 14.8 Å². The molecule has 1 aliphatic heterocycles. The molecule has 0 saturated carbocycles. The number of rotatable bonds is 6. The van der Waals surface area contributed by atoms with Crippen LogP contribution in [0.5, 0.6) is 5.75 Å². The number of carbonyl (C=O) groups excluding carboxylic acids is 1. The molecule has 1 N–H and O–H groups in total. The van der Waals surface area contributed by atoms with E-state index in [1.165, 1.54) is 6.33 Å². The van der Waals surface area contributed by atoms with Crippen LogP contribution >= 0.6 is 15.9 Å². The van der Waals surface area contributed by atoms with Crippen LogP contribution in [0.2, 0.25) is 0 Å². The maximum atomic E-state index is 12.7. The predicted molar refractivity (Wildman–Crippen MR) is 116 cm³/mol. The standard InChI is InChI=1S/C22H21BrN4O3/c1-3-29-21(28)19-14(2)26-22-24-13-25-27(22)20(19)16-7-9-18(10-8-16)30-12-15-5-4-6-17(23)11-15/h4-11,13,20H,3,12H2,1-2H3,(H,24,25,26). The summed E-state index contributed by atoms with van der Waals surface area (Å²) >= 11 is 3.47. The van der Waals surface area contributed by atoms with Gasteiger partial charge in [-0.2, -0.15) is 10.1 Å². The molecule has 1 unspecified atom stereocenters. The molecule has 0 radical (unpaired) electrons. The van der Waals surface area contributed by atoms with Crippen molar-refractivity contribution in [3.05, 3.63) is 81.7 Å². The van der Waals surface area contributed by atoms with Gasteiger partial charge in [0.2, 0.25) is 5.95 Å². The second kappa shape index (κ2) is 8.71. The van der Waals surface area contributed by atoms with E-state index in [2.05, 4.69) is 31.3 Å². The molecule has 0 saturated heterocycles. The number of nitrogens with zero attached hydrogens (tertiary/aromatic N) is 3. The van der Waals surface area contributed by atoms with Crippen molar-refractivity contribution < 1.29 is 14.3 Å². The molecule has 30 heavy (non-hydrogen) atoms. The zero-order valence-electron chi connectivity index (χ0n) is 16.6. The Morgan fingerprint density at radius 3 is 2.77 bits per heavy atom. The Balaban J connectivity index is 1.59. The monoisotopic (exact) mass is 468 g/mol. The van der Waals surface area contributed by atoms with E-state index in [0.717, 1.165) is 21.3 Å². The Kier molecular flexibility index (Phi) is 5.85. The van der Waals surface area contributed by atoms with Crippen molar-refractivity contribution >= 4 is 27.8 Å². The van der Waals surface area contributed by atoms with E-state index >= 15 is 0 Å². The fourth-order valence-electron chi connectivity index (χ4n) is 3.41. The maximum Gasteiger partial charge on any atom is 0.338 e. The molecule has 1 atom stereocenters. The lowest BCUT2D eigenvalue weighted by Crippen LogP contribution is -2.29. The summed E-state index contributed by atoms with van der Waals surface area (Å²) in [6.07, 6.45) is 1.46. The van der Waals surface area contributed by atoms with Gasteiger partial charge >= 0.3 is 5.97 Å². The van der Waals surface area contributed by atoms with Gasteiger partial charge in [-0.3, -0.25) is 0 Å². The molecule has 4 rings (SSSR count). The van der Waals surface area contributed by atoms with E-state index in [9.17, 15) is 4.79 Å². The first-order valence-electron chi connectivity index (χ1n) is 9.58. The third-order valence-corrected chi connectivity index (χ3v) is 5.27. The number of ether oxygens (including phenoxy) is 2. The highest BCUT2D eigenvalue weighted by atomic mass is 79.9. The molecule has 7 nitrogen and oxygen atoms in total. The van der Waals surface area contributed by atoms with Crippen LogP contribution in [0.1, 0.15) is 31.0 Å². The van der Waals surface area contributed by atoms with Crippen LogP contribution in [0.25, 0.3) is 0 Å². The van der Waals surface area contributed by atoms with Crippen molar-refractivity contribution in [2.24, 2.45) is 0 Å². The summed E-state index contributed by atoms with van der Waals surface area (Å²) in [6.45, 7) is 4.39. The maximum absolute atomic E-state index is 12.7. The number of nitrogens with one attached hydrogen (secondary N) is 1. The highest BCUT2D eigenvalue weighted by Gasteiger charge is 2.34. The van der Waals surface area contributed by atoms with Crippen molar-refractivity contribution in [1.29, 1.82) is 0 Å². The van der Waals surface area contributed by atoms with Crippen molar-refractivity contribution in [3.8, 4) is 5.75 Å². The van der Waals surface area contributed by atoms with E-state index < -0.39 is 6.04 Å². The van der Waals surface area contributed by atoms with E-state index in [0.29, 0.717) is 30.4 Å². The molecule has 1 aliphatic rings. The Hall–Kier alpha value is -3.13. The quantitative estimate of drug-likeness (QED) is 0.537. The van der Waals surface area contributed by atoms with Gasteiger partial charge in [0.05, 0.1) is 12.2 Å². The number of halogens is 1. The van der Waals surface area contributed by atoms with Crippen molar-refractivity contribution in [3.63, 3.8) is 0 Å². The Labute approximate surface area is 182 Å². The summed E-state index contributed by atoms with van der Waals surface area (Å²) in [5.74, 6) is 0.953. The van der Waals surface area contributed by atoms with Crippen LogP contribution in [-0.2, 0) is 16.1 Å². The van der Waals surface area contributed by atoms with E-state index in [4.69, 9.17) is 9.47 Å². The topological polar surface area (TPSA) is 78.3 Å². The fraction of sp³-hybridized carbons (Fsp3) is 0.227. The Bertz CT molecular complexity index is 1090. The SMILES string of the molecule is CCOC(=O)C1=C(C)Nc2ncnn2C1c1ccc(OCc2cccc(Br)c2)cc1. The highest BCUT2D eigenvalue weighted by molar-refractivity contribution is 9.10. The van der Waals surface area contributed by atoms with Crippen molar-refractivity contribution in [2.75, 3.05) is 11.9 Å². The van der Waals surface area contributed by atoms with Gasteiger partial charge in [0.15, 0.2) is 0 Å². The van der Waals surface area contributed by atoms with Crippen LogP contribution < -0.4 is 10.1 Å². The summed E-state index contributed by atoms with van der Waals surface area (Å²) in [7, 11) is 0. The first kappa shape index (κ1) is 20.2. The van der Waals surface area contributed by atoms with Gasteiger partial charge in [-0.05, 0) is 49.2 Å². The number of benzene rings is 2. The number of allylic oxidation sites excluding steroid dienone is 1. The molecule has 2 heterocycles. The van der Waals surface area contributed by atoms with Crippen LogP contribution in [0.3, 0.4) is 0 Å². The third-order valence-electron chi connectivity index (χ3n) is 4.78. The van der Waals surface area contributed by atoms with Gasteiger partial charge < -0.3 is 14.8 Å². The van der Waals surface area contributed by atoms with Crippen LogP contribution in [0, 0.1) is 0 Å². The van der Waals surface area contributed by atoms with Crippen LogP contribution in [0.15, 0.2) is 70.6 Å². The average Bonchev–Trinajstić information content (AvgIpc) is 3.20.